The molecule has 6 nitrogen and oxygen atoms in total. The number of piperidine rings is 1. The summed E-state index contributed by atoms with van der Waals surface area (Å²) in [5, 5.41) is 10.3. The monoisotopic (exact) mass is 435 g/mol. The van der Waals surface area contributed by atoms with Crippen LogP contribution in [0.5, 0.6) is 11.5 Å². The van der Waals surface area contributed by atoms with Gasteiger partial charge in [0.1, 0.15) is 0 Å². The maximum Gasteiger partial charge on any atom is 0.251 e. The van der Waals surface area contributed by atoms with Crippen molar-refractivity contribution in [3.63, 3.8) is 0 Å². The van der Waals surface area contributed by atoms with Gasteiger partial charge >= 0.3 is 0 Å². The van der Waals surface area contributed by atoms with Crippen LogP contribution in [0.1, 0.15) is 72.5 Å². The summed E-state index contributed by atoms with van der Waals surface area (Å²) >= 11 is 0. The molecule has 1 aliphatic carbocycles. The fourth-order valence-electron chi connectivity index (χ4n) is 5.21. The first-order valence-electron chi connectivity index (χ1n) is 11.9. The summed E-state index contributed by atoms with van der Waals surface area (Å²) in [5.41, 5.74) is 3.32. The predicted molar refractivity (Wildman–Crippen MR) is 124 cm³/mol. The highest BCUT2D eigenvalue weighted by Crippen LogP contribution is 2.37. The van der Waals surface area contributed by atoms with E-state index in [-0.39, 0.29) is 18.0 Å². The Morgan fingerprint density at radius 3 is 2.56 bits per heavy atom. The van der Waals surface area contributed by atoms with E-state index in [1.807, 2.05) is 18.2 Å². The van der Waals surface area contributed by atoms with Crippen molar-refractivity contribution in [1.29, 1.82) is 0 Å². The van der Waals surface area contributed by atoms with Gasteiger partial charge in [-0.2, -0.15) is 0 Å². The molecule has 0 bridgehead atoms. The van der Waals surface area contributed by atoms with E-state index in [0.29, 0.717) is 18.8 Å². The summed E-state index contributed by atoms with van der Waals surface area (Å²) < 4.78 is 10.9. The molecule has 1 saturated heterocycles. The van der Waals surface area contributed by atoms with Crippen LogP contribution in [0.15, 0.2) is 42.5 Å². The zero-order valence-electron chi connectivity index (χ0n) is 18.7. The first kappa shape index (κ1) is 21.3. The number of carbonyl (C=O) groups excluding carboxylic acids is 1. The van der Waals surface area contributed by atoms with Gasteiger partial charge in [0.2, 0.25) is 6.79 Å². The number of nitrogens with one attached hydrogen (secondary N) is 3. The van der Waals surface area contributed by atoms with Gasteiger partial charge in [-0.15, -0.1) is 0 Å². The van der Waals surface area contributed by atoms with Crippen LogP contribution >= 0.6 is 0 Å². The lowest BCUT2D eigenvalue weighted by molar-refractivity contribution is 0.0929. The van der Waals surface area contributed by atoms with Crippen molar-refractivity contribution in [2.45, 2.75) is 63.1 Å². The van der Waals surface area contributed by atoms with Gasteiger partial charge in [0.25, 0.3) is 5.91 Å². The number of carbonyl (C=O) groups is 1. The quantitative estimate of drug-likeness (QED) is 0.642. The Morgan fingerprint density at radius 1 is 0.969 bits per heavy atom. The zero-order valence-corrected chi connectivity index (χ0v) is 18.7. The molecule has 1 unspecified atom stereocenters. The lowest BCUT2D eigenvalue weighted by atomic mass is 9.96. The first-order valence-corrected chi connectivity index (χ1v) is 11.9. The van der Waals surface area contributed by atoms with Crippen LogP contribution in [-0.2, 0) is 0 Å². The Balaban J connectivity index is 1.14. The van der Waals surface area contributed by atoms with Crippen molar-refractivity contribution >= 4 is 5.91 Å². The molecular formula is C26H33N3O3. The van der Waals surface area contributed by atoms with Gasteiger partial charge < -0.3 is 25.4 Å². The molecular weight excluding hydrogens is 402 g/mol. The molecule has 2 aliphatic heterocycles. The largest absolute Gasteiger partial charge is 0.454 e. The van der Waals surface area contributed by atoms with Gasteiger partial charge in [-0.3, -0.25) is 4.79 Å². The molecule has 3 atom stereocenters. The lowest BCUT2D eigenvalue weighted by Gasteiger charge is -2.23. The predicted octanol–water partition coefficient (Wildman–Crippen LogP) is 3.88. The molecule has 2 aromatic rings. The van der Waals surface area contributed by atoms with Crippen LogP contribution in [-0.4, -0.2) is 37.9 Å². The molecule has 1 amide bonds. The standard InChI is InChI=1S/C26H33N3O3/c1-17(20-7-9-24-25(15-20)32-16-31-24)28-23-8-6-21(14-23)18-2-4-19(5-3-18)26(30)29-22-10-12-27-13-11-22/h2-5,7,9,15,17,21-23,27-28H,6,8,10-14,16H2,1H3,(H,29,30)/t17-,21+,23?/m1/s1. The third-order valence-corrected chi connectivity index (χ3v) is 7.13. The van der Waals surface area contributed by atoms with Crippen molar-refractivity contribution in [2.75, 3.05) is 19.9 Å². The second-order valence-corrected chi connectivity index (χ2v) is 9.33. The first-order chi connectivity index (χ1) is 15.7. The summed E-state index contributed by atoms with van der Waals surface area (Å²) in [5.74, 6) is 2.25. The van der Waals surface area contributed by atoms with Gasteiger partial charge in [-0.05, 0) is 93.4 Å². The second kappa shape index (κ2) is 9.51. The minimum Gasteiger partial charge on any atom is -0.454 e. The van der Waals surface area contributed by atoms with E-state index in [2.05, 4.69) is 47.1 Å². The topological polar surface area (TPSA) is 71.6 Å². The van der Waals surface area contributed by atoms with E-state index in [1.54, 1.807) is 0 Å². The van der Waals surface area contributed by atoms with Gasteiger partial charge in [-0.25, -0.2) is 0 Å². The number of fused-ring (bicyclic) bond motifs is 1. The van der Waals surface area contributed by atoms with Crippen molar-refractivity contribution < 1.29 is 14.3 Å². The number of ether oxygens (including phenoxy) is 2. The highest BCUT2D eigenvalue weighted by molar-refractivity contribution is 5.94. The minimum atomic E-state index is 0.0481. The molecule has 1 saturated carbocycles. The highest BCUT2D eigenvalue weighted by Gasteiger charge is 2.27. The molecule has 32 heavy (non-hydrogen) atoms. The Labute approximate surface area is 190 Å². The zero-order chi connectivity index (χ0) is 21.9. The van der Waals surface area contributed by atoms with Crippen LogP contribution in [0.25, 0.3) is 0 Å². The molecule has 0 aromatic heterocycles. The molecule has 2 fully saturated rings. The van der Waals surface area contributed by atoms with Crippen molar-refractivity contribution in [1.82, 2.24) is 16.0 Å². The van der Waals surface area contributed by atoms with Gasteiger partial charge in [0.05, 0.1) is 0 Å². The molecule has 3 N–H and O–H groups in total. The van der Waals surface area contributed by atoms with Crippen LogP contribution in [0, 0.1) is 0 Å². The van der Waals surface area contributed by atoms with Crippen LogP contribution in [0.3, 0.4) is 0 Å². The molecule has 3 aliphatic rings. The number of hydrogen-bond acceptors (Lipinski definition) is 5. The smallest absolute Gasteiger partial charge is 0.251 e. The van der Waals surface area contributed by atoms with E-state index in [0.717, 1.165) is 55.8 Å². The fraction of sp³-hybridized carbons (Fsp3) is 0.500. The Bertz CT molecular complexity index is 940. The van der Waals surface area contributed by atoms with E-state index in [1.165, 1.54) is 17.5 Å². The summed E-state index contributed by atoms with van der Waals surface area (Å²) in [6.07, 6.45) is 5.47. The Hall–Kier alpha value is -2.57. The summed E-state index contributed by atoms with van der Waals surface area (Å²) in [6, 6.07) is 15.5. The van der Waals surface area contributed by atoms with Crippen LogP contribution in [0.2, 0.25) is 0 Å². The maximum atomic E-state index is 12.6. The highest BCUT2D eigenvalue weighted by atomic mass is 16.7. The van der Waals surface area contributed by atoms with E-state index < -0.39 is 0 Å². The van der Waals surface area contributed by atoms with Gasteiger partial charge in [-0.1, -0.05) is 18.2 Å². The lowest BCUT2D eigenvalue weighted by Crippen LogP contribution is -2.42. The average Bonchev–Trinajstić information content (AvgIpc) is 3.49. The van der Waals surface area contributed by atoms with E-state index in [4.69, 9.17) is 9.47 Å². The minimum absolute atomic E-state index is 0.0481. The molecule has 0 radical (unpaired) electrons. The van der Waals surface area contributed by atoms with Crippen LogP contribution in [0.4, 0.5) is 0 Å². The molecule has 5 rings (SSSR count). The Kier molecular flexibility index (Phi) is 6.32. The van der Waals surface area contributed by atoms with Crippen molar-refractivity contribution in [3.8, 4) is 11.5 Å². The molecule has 2 aromatic carbocycles. The normalized spacial score (nSPS) is 23.8. The number of hydrogen-bond donors (Lipinski definition) is 3. The third-order valence-electron chi connectivity index (χ3n) is 7.13. The van der Waals surface area contributed by atoms with E-state index >= 15 is 0 Å². The molecule has 2 heterocycles. The number of rotatable bonds is 6. The molecule has 6 heteroatoms. The number of amides is 1. The third kappa shape index (κ3) is 4.76. The van der Waals surface area contributed by atoms with Crippen LogP contribution < -0.4 is 25.4 Å². The number of benzene rings is 2. The SMILES string of the molecule is C[C@@H](NC1CC[C@H](c2ccc(C(=O)NC3CCNCC3)cc2)C1)c1ccc2c(c1)OCO2. The summed E-state index contributed by atoms with van der Waals surface area (Å²) in [6.45, 7) is 4.48. The summed E-state index contributed by atoms with van der Waals surface area (Å²) in [4.78, 5) is 12.6. The summed E-state index contributed by atoms with van der Waals surface area (Å²) in [7, 11) is 0. The van der Waals surface area contributed by atoms with Crippen molar-refractivity contribution in [3.05, 3.63) is 59.2 Å². The van der Waals surface area contributed by atoms with Gasteiger partial charge in [0, 0.05) is 23.7 Å². The maximum absolute atomic E-state index is 12.6. The van der Waals surface area contributed by atoms with E-state index in [9.17, 15) is 4.79 Å². The fourth-order valence-corrected chi connectivity index (χ4v) is 5.21. The van der Waals surface area contributed by atoms with Crippen molar-refractivity contribution in [2.24, 2.45) is 0 Å². The molecule has 170 valence electrons. The average molecular weight is 436 g/mol. The molecule has 0 spiro atoms. The van der Waals surface area contributed by atoms with Gasteiger partial charge in [0.15, 0.2) is 11.5 Å². The second-order valence-electron chi connectivity index (χ2n) is 9.33. The Morgan fingerprint density at radius 2 is 1.75 bits per heavy atom.